The summed E-state index contributed by atoms with van der Waals surface area (Å²) in [6, 6.07) is 5.86. The van der Waals surface area contributed by atoms with Gasteiger partial charge in [-0.25, -0.2) is 9.97 Å². The second-order valence-corrected chi connectivity index (χ2v) is 20.8. The van der Waals surface area contributed by atoms with Crippen LogP contribution in [0.25, 0.3) is 10.9 Å². The lowest BCUT2D eigenvalue weighted by Gasteiger charge is -2.45. The van der Waals surface area contributed by atoms with Gasteiger partial charge in [0.25, 0.3) is 0 Å². The van der Waals surface area contributed by atoms with Crippen LogP contribution >= 0.6 is 0 Å². The number of rotatable bonds is 23. The molecule has 7 rings (SSSR count). The zero-order valence-electron chi connectivity index (χ0n) is 43.1. The zero-order chi connectivity index (χ0) is 52.9. The molecule has 3 aromatic rings. The molecule has 0 bridgehead atoms. The van der Waals surface area contributed by atoms with Gasteiger partial charge in [0.1, 0.15) is 18.2 Å². The normalized spacial score (nSPS) is 24.4. The summed E-state index contributed by atoms with van der Waals surface area (Å²) < 4.78 is 46.5. The van der Waals surface area contributed by atoms with Gasteiger partial charge in [-0.3, -0.25) is 33.8 Å². The van der Waals surface area contributed by atoms with Crippen LogP contribution in [0.1, 0.15) is 121 Å². The molecule has 0 unspecified atom stereocenters. The van der Waals surface area contributed by atoms with Crippen molar-refractivity contribution in [1.29, 1.82) is 0 Å². The Balaban J connectivity index is 0.761. The summed E-state index contributed by atoms with van der Waals surface area (Å²) in [5.74, 6) is -0.978. The monoisotopic (exact) mass is 1030 g/mol. The Kier molecular flexibility index (Phi) is 19.6. The molecule has 6 amide bonds. The van der Waals surface area contributed by atoms with Crippen LogP contribution in [-0.4, -0.2) is 149 Å². The van der Waals surface area contributed by atoms with E-state index in [1.54, 1.807) is 30.4 Å². The highest BCUT2D eigenvalue weighted by Gasteiger charge is 2.45. The van der Waals surface area contributed by atoms with Crippen LogP contribution in [0.4, 0.5) is 19.0 Å². The van der Waals surface area contributed by atoms with Crippen molar-refractivity contribution in [2.24, 2.45) is 17.8 Å². The number of likely N-dealkylation sites (tertiary alicyclic amines) is 2. The minimum Gasteiger partial charge on any atom is -0.381 e. The van der Waals surface area contributed by atoms with Crippen molar-refractivity contribution < 1.29 is 46.7 Å². The predicted octanol–water partition coefficient (Wildman–Crippen LogP) is 5.14. The van der Waals surface area contributed by atoms with E-state index in [-0.39, 0.29) is 108 Å². The molecule has 2 aromatic heterocycles. The number of amides is 6. The van der Waals surface area contributed by atoms with E-state index in [1.165, 1.54) is 12.4 Å². The van der Waals surface area contributed by atoms with Gasteiger partial charge < -0.3 is 46.0 Å². The van der Waals surface area contributed by atoms with Crippen molar-refractivity contribution in [2.45, 2.75) is 146 Å². The van der Waals surface area contributed by atoms with E-state index in [2.05, 4.69) is 67.3 Å². The Hall–Kier alpha value is -5.96. The van der Waals surface area contributed by atoms with Crippen LogP contribution in [0.2, 0.25) is 0 Å². The van der Waals surface area contributed by atoms with Crippen LogP contribution in [-0.2, 0) is 39.7 Å². The van der Waals surface area contributed by atoms with Gasteiger partial charge in [0.05, 0.1) is 35.1 Å². The molecule has 2 saturated carbocycles. The van der Waals surface area contributed by atoms with E-state index < -0.39 is 23.7 Å². The maximum atomic E-state index is 14.1. The maximum absolute atomic E-state index is 14.1. The second-order valence-electron chi connectivity index (χ2n) is 20.8. The van der Waals surface area contributed by atoms with Crippen molar-refractivity contribution in [3.63, 3.8) is 0 Å². The number of fused-ring (bicyclic) bond motifs is 1. The molecule has 0 radical (unpaired) electrons. The number of alkyl halides is 3. The molecule has 2 aliphatic heterocycles. The number of benzene rings is 1. The van der Waals surface area contributed by atoms with Crippen molar-refractivity contribution >= 4 is 52.2 Å². The number of carbonyl (C=O) groups is 6. The Labute approximate surface area is 431 Å². The smallest absolute Gasteiger partial charge is 0.381 e. The summed E-state index contributed by atoms with van der Waals surface area (Å²) in [7, 11) is 3.79. The SMILES string of the molecule is CC(C)N(C)[C@@H]1CC[C@H](N2CC[C@H](Nc3ncnc4ccc(C(F)(F)F)cc34)C2=O)[C@H](NC(=O)C2CCC(CNC(=O)CCCC(=O)NCCCOCCCNC(=O)[C@H]3CC(=O)N(C)[C@@H]3c3cccnc3)CC2)C1. The Morgan fingerprint density at radius 1 is 0.878 bits per heavy atom. The standard InChI is InChI=1S/C53H74F3N11O7/c1-33(2)65(3)38-17-19-44(67-24-20-42(52(67)73)63-49-39-27-37(53(54,55)56)16-18-41(39)61-32-62-49)43(28-38)64-50(71)35-14-12-34(13-15-35)30-60-46(69)11-5-10-45(68)58-22-7-25-74-26-8-23-59-51(72)40-29-47(70)66(4)48(40)36-9-6-21-57-31-36/h6,9,16,18,21,27,31-35,38,40,42-44,48H,5,7-8,10-15,17,19-20,22-26,28-30H2,1-4H3,(H,58,68)(H,59,72)(H,60,69)(H,64,71)(H,61,62,63)/t34?,35?,38-,40+,42+,43-,44+,48-/m1/s1. The molecule has 21 heteroatoms. The molecular formula is C53H74F3N11O7. The number of ether oxygens (including phenoxy) is 1. The molecule has 404 valence electrons. The third-order valence-corrected chi connectivity index (χ3v) is 15.5. The van der Waals surface area contributed by atoms with Crippen molar-refractivity contribution in [3.8, 4) is 0 Å². The Bertz CT molecular complexity index is 2410. The summed E-state index contributed by atoms with van der Waals surface area (Å²) in [6.07, 6.45) is 7.88. The molecule has 18 nitrogen and oxygen atoms in total. The Morgan fingerprint density at radius 2 is 1.61 bits per heavy atom. The lowest BCUT2D eigenvalue weighted by molar-refractivity contribution is -0.137. The molecule has 5 N–H and O–H groups in total. The van der Waals surface area contributed by atoms with E-state index in [0.29, 0.717) is 96.3 Å². The number of pyridine rings is 1. The van der Waals surface area contributed by atoms with Crippen molar-refractivity contribution in [1.82, 2.24) is 50.9 Å². The van der Waals surface area contributed by atoms with E-state index in [1.807, 2.05) is 11.0 Å². The van der Waals surface area contributed by atoms with E-state index >= 15 is 0 Å². The van der Waals surface area contributed by atoms with Gasteiger partial charge in [-0.2, -0.15) is 13.2 Å². The average molecular weight is 1030 g/mol. The van der Waals surface area contributed by atoms with E-state index in [4.69, 9.17) is 4.74 Å². The molecule has 4 fully saturated rings. The summed E-state index contributed by atoms with van der Waals surface area (Å²) in [5.41, 5.74) is 0.334. The van der Waals surface area contributed by atoms with E-state index in [9.17, 15) is 41.9 Å². The number of anilines is 1. The number of aromatic nitrogens is 3. The number of carbonyl (C=O) groups excluding carboxylic acids is 6. The number of halogens is 3. The van der Waals surface area contributed by atoms with Gasteiger partial charge in [0.15, 0.2) is 0 Å². The number of nitrogens with zero attached hydrogens (tertiary/aromatic N) is 6. The highest BCUT2D eigenvalue weighted by molar-refractivity contribution is 5.93. The largest absolute Gasteiger partial charge is 0.416 e. The molecule has 0 spiro atoms. The molecule has 4 heterocycles. The third kappa shape index (κ3) is 14.7. The minimum atomic E-state index is -4.55. The molecular weight excluding hydrogens is 960 g/mol. The van der Waals surface area contributed by atoms with Crippen LogP contribution in [0.15, 0.2) is 49.1 Å². The fourth-order valence-corrected chi connectivity index (χ4v) is 11.0. The zero-order valence-corrected chi connectivity index (χ0v) is 43.1. The average Bonchev–Trinajstić information content (AvgIpc) is 3.90. The van der Waals surface area contributed by atoms with Gasteiger partial charge in [0, 0.05) is 101 Å². The first-order valence-corrected chi connectivity index (χ1v) is 26.4. The minimum absolute atomic E-state index is 0.0299. The first-order chi connectivity index (χ1) is 35.5. The molecule has 2 saturated heterocycles. The molecule has 2 aliphatic carbocycles. The fourth-order valence-electron chi connectivity index (χ4n) is 11.0. The quantitative estimate of drug-likeness (QED) is 0.0780. The van der Waals surface area contributed by atoms with Gasteiger partial charge in [0.2, 0.25) is 35.4 Å². The third-order valence-electron chi connectivity index (χ3n) is 15.5. The molecule has 4 aliphatic rings. The van der Waals surface area contributed by atoms with Gasteiger partial charge in [-0.15, -0.1) is 0 Å². The van der Waals surface area contributed by atoms with Gasteiger partial charge in [-0.1, -0.05) is 6.07 Å². The summed E-state index contributed by atoms with van der Waals surface area (Å²) in [4.78, 5) is 96.8. The number of hydrogen-bond acceptors (Lipinski definition) is 12. The maximum Gasteiger partial charge on any atom is 0.416 e. The second kappa shape index (κ2) is 26.0. The first-order valence-electron chi connectivity index (χ1n) is 26.4. The number of hydrogen-bond donors (Lipinski definition) is 5. The highest BCUT2D eigenvalue weighted by atomic mass is 19.4. The highest BCUT2D eigenvalue weighted by Crippen LogP contribution is 2.38. The van der Waals surface area contributed by atoms with Crippen molar-refractivity contribution in [2.75, 3.05) is 58.8 Å². The summed E-state index contributed by atoms with van der Waals surface area (Å²) >= 11 is 0. The van der Waals surface area contributed by atoms with Crippen molar-refractivity contribution in [3.05, 3.63) is 60.2 Å². The number of nitrogens with one attached hydrogen (secondary N) is 5. The lowest BCUT2D eigenvalue weighted by Crippen LogP contribution is -2.59. The molecule has 1 aromatic carbocycles. The summed E-state index contributed by atoms with van der Waals surface area (Å²) in [5, 5.41) is 15.5. The Morgan fingerprint density at radius 3 is 2.31 bits per heavy atom. The topological polar surface area (TPSA) is 220 Å². The van der Waals surface area contributed by atoms with Crippen LogP contribution in [0.5, 0.6) is 0 Å². The van der Waals surface area contributed by atoms with Crippen LogP contribution < -0.4 is 26.6 Å². The fraction of sp³-hybridized carbons (Fsp3) is 0.642. The van der Waals surface area contributed by atoms with Gasteiger partial charge >= 0.3 is 6.18 Å². The molecule has 74 heavy (non-hydrogen) atoms. The first kappa shape index (κ1) is 55.8. The summed E-state index contributed by atoms with van der Waals surface area (Å²) in [6.45, 7) is 6.96. The van der Waals surface area contributed by atoms with Crippen LogP contribution in [0, 0.1) is 17.8 Å². The van der Waals surface area contributed by atoms with Crippen LogP contribution in [0.3, 0.4) is 0 Å². The van der Waals surface area contributed by atoms with Gasteiger partial charge in [-0.05, 0) is 127 Å². The lowest BCUT2D eigenvalue weighted by atomic mass is 9.80. The van der Waals surface area contributed by atoms with E-state index in [0.717, 1.165) is 37.0 Å². The predicted molar refractivity (Wildman–Crippen MR) is 271 cm³/mol. The molecule has 6 atom stereocenters.